The Bertz CT molecular complexity index is 693. The summed E-state index contributed by atoms with van der Waals surface area (Å²) in [5.41, 5.74) is 0. The number of benzene rings is 2. The number of amides is 1. The largest absolute Gasteiger partial charge is 0.484 e. The van der Waals surface area contributed by atoms with Crippen LogP contribution in [0, 0.1) is 0 Å². The molecule has 128 valence electrons. The van der Waals surface area contributed by atoms with Crippen LogP contribution in [0.2, 0.25) is 0 Å². The molecule has 0 bridgehead atoms. The molecule has 0 radical (unpaired) electrons. The van der Waals surface area contributed by atoms with Crippen molar-refractivity contribution in [2.24, 2.45) is 0 Å². The maximum atomic E-state index is 12.4. The number of hydrogen-bond donors (Lipinski definition) is 1. The lowest BCUT2D eigenvalue weighted by atomic mass is 10.1. The van der Waals surface area contributed by atoms with Gasteiger partial charge in [0.1, 0.15) is 5.75 Å². The predicted octanol–water partition coefficient (Wildman–Crippen LogP) is 1.74. The molecule has 1 aliphatic heterocycles. The van der Waals surface area contributed by atoms with Crippen LogP contribution in [-0.4, -0.2) is 49.6 Å². The van der Waals surface area contributed by atoms with E-state index in [9.17, 15) is 4.79 Å². The van der Waals surface area contributed by atoms with Crippen molar-refractivity contribution in [1.82, 2.24) is 4.90 Å². The number of rotatable bonds is 5. The quantitative estimate of drug-likeness (QED) is 0.908. The van der Waals surface area contributed by atoms with E-state index in [1.807, 2.05) is 35.2 Å². The molecule has 0 unspecified atom stereocenters. The van der Waals surface area contributed by atoms with Crippen LogP contribution in [0.3, 0.4) is 0 Å². The molecule has 4 nitrogen and oxygen atoms in total. The Labute approximate surface area is 144 Å². The van der Waals surface area contributed by atoms with Gasteiger partial charge in [-0.1, -0.05) is 37.3 Å². The van der Waals surface area contributed by atoms with E-state index in [1.165, 1.54) is 11.8 Å². The molecule has 0 aliphatic carbocycles. The Balaban J connectivity index is 1.52. The number of quaternary nitrogens is 1. The van der Waals surface area contributed by atoms with E-state index in [0.29, 0.717) is 6.04 Å². The maximum absolute atomic E-state index is 12.4. The minimum atomic E-state index is 0.0892. The average Bonchev–Trinajstić information content (AvgIpc) is 2.65. The van der Waals surface area contributed by atoms with Crippen molar-refractivity contribution in [2.75, 3.05) is 32.8 Å². The Morgan fingerprint density at radius 1 is 1.17 bits per heavy atom. The van der Waals surface area contributed by atoms with E-state index in [-0.39, 0.29) is 12.5 Å². The molecular weight excluding hydrogens is 300 g/mol. The number of hydrogen-bond acceptors (Lipinski definition) is 2. The molecule has 1 aliphatic rings. The van der Waals surface area contributed by atoms with Crippen molar-refractivity contribution in [3.63, 3.8) is 0 Å². The third-order valence-corrected chi connectivity index (χ3v) is 5.15. The minimum absolute atomic E-state index is 0.0892. The molecule has 0 aromatic heterocycles. The van der Waals surface area contributed by atoms with Crippen molar-refractivity contribution >= 4 is 16.7 Å². The van der Waals surface area contributed by atoms with Gasteiger partial charge in [0, 0.05) is 0 Å². The summed E-state index contributed by atoms with van der Waals surface area (Å²) in [5, 5.41) is 2.31. The molecule has 0 spiro atoms. The Kier molecular flexibility index (Phi) is 5.36. The summed E-state index contributed by atoms with van der Waals surface area (Å²) in [6, 6.07) is 14.8. The van der Waals surface area contributed by atoms with Crippen molar-refractivity contribution in [3.8, 4) is 5.75 Å². The molecule has 1 saturated heterocycles. The van der Waals surface area contributed by atoms with Gasteiger partial charge in [-0.2, -0.15) is 0 Å². The molecule has 1 N–H and O–H groups in total. The molecule has 24 heavy (non-hydrogen) atoms. The molecule has 1 atom stereocenters. The fourth-order valence-corrected chi connectivity index (χ4v) is 3.32. The Morgan fingerprint density at radius 3 is 2.58 bits per heavy atom. The highest BCUT2D eigenvalue weighted by molar-refractivity contribution is 5.84. The third-order valence-electron chi connectivity index (χ3n) is 5.15. The summed E-state index contributed by atoms with van der Waals surface area (Å²) in [4.78, 5) is 15.9. The van der Waals surface area contributed by atoms with Crippen LogP contribution in [0.25, 0.3) is 10.8 Å². The van der Waals surface area contributed by atoms with Crippen LogP contribution in [-0.2, 0) is 4.79 Å². The standard InChI is InChI=1S/C20H26N2O2/c1-3-16(2)21-10-12-22(13-11-21)20(23)15-24-19-9-8-17-6-4-5-7-18(17)14-19/h4-9,14,16H,3,10-13,15H2,1-2H3/p+1/t16-/m0/s1. The summed E-state index contributed by atoms with van der Waals surface area (Å²) >= 11 is 0. The highest BCUT2D eigenvalue weighted by Gasteiger charge is 2.26. The molecule has 0 saturated carbocycles. The topological polar surface area (TPSA) is 34.0 Å². The van der Waals surface area contributed by atoms with Crippen LogP contribution in [0.4, 0.5) is 0 Å². The number of nitrogens with one attached hydrogen (secondary N) is 1. The van der Waals surface area contributed by atoms with Gasteiger partial charge in [-0.15, -0.1) is 0 Å². The van der Waals surface area contributed by atoms with Crippen LogP contribution >= 0.6 is 0 Å². The number of carbonyl (C=O) groups is 1. The molecular formula is C20H27N2O2+. The van der Waals surface area contributed by atoms with Crippen LogP contribution in [0.15, 0.2) is 42.5 Å². The van der Waals surface area contributed by atoms with Crippen LogP contribution in [0.5, 0.6) is 5.75 Å². The zero-order chi connectivity index (χ0) is 16.9. The van der Waals surface area contributed by atoms with Gasteiger partial charge < -0.3 is 14.5 Å². The summed E-state index contributed by atoms with van der Waals surface area (Å²) < 4.78 is 5.73. The second kappa shape index (κ2) is 7.67. The summed E-state index contributed by atoms with van der Waals surface area (Å²) in [6.45, 7) is 8.38. The van der Waals surface area contributed by atoms with E-state index in [1.54, 1.807) is 4.90 Å². The normalized spacial score (nSPS) is 17.0. The van der Waals surface area contributed by atoms with Gasteiger partial charge in [-0.25, -0.2) is 0 Å². The van der Waals surface area contributed by atoms with Gasteiger partial charge in [0.25, 0.3) is 5.91 Å². The monoisotopic (exact) mass is 327 g/mol. The minimum Gasteiger partial charge on any atom is -0.484 e. The second-order valence-corrected chi connectivity index (χ2v) is 6.65. The first-order valence-corrected chi connectivity index (χ1v) is 8.91. The first-order valence-electron chi connectivity index (χ1n) is 8.91. The molecule has 2 aromatic rings. The fraction of sp³-hybridized carbons (Fsp3) is 0.450. The van der Waals surface area contributed by atoms with Gasteiger partial charge in [0.15, 0.2) is 6.61 Å². The first-order chi connectivity index (χ1) is 11.7. The molecule has 1 heterocycles. The lowest BCUT2D eigenvalue weighted by Gasteiger charge is -2.35. The third kappa shape index (κ3) is 3.88. The fourth-order valence-electron chi connectivity index (χ4n) is 3.32. The van der Waals surface area contributed by atoms with Gasteiger partial charge in [-0.3, -0.25) is 4.79 Å². The molecule has 2 aromatic carbocycles. The second-order valence-electron chi connectivity index (χ2n) is 6.65. The van der Waals surface area contributed by atoms with Gasteiger partial charge in [0.2, 0.25) is 0 Å². The first kappa shape index (κ1) is 16.8. The van der Waals surface area contributed by atoms with Crippen LogP contribution in [0.1, 0.15) is 20.3 Å². The molecule has 1 amide bonds. The van der Waals surface area contributed by atoms with Gasteiger partial charge in [-0.05, 0) is 36.2 Å². The number of fused-ring (bicyclic) bond motifs is 1. The lowest BCUT2D eigenvalue weighted by molar-refractivity contribution is -0.927. The SMILES string of the molecule is CC[C@H](C)[NH+]1CCN(C(=O)COc2ccc3ccccc3c2)CC1. The smallest absolute Gasteiger partial charge is 0.260 e. The van der Waals surface area contributed by atoms with E-state index >= 15 is 0 Å². The van der Waals surface area contributed by atoms with E-state index in [0.717, 1.165) is 37.3 Å². The number of piperazine rings is 1. The van der Waals surface area contributed by atoms with Crippen molar-refractivity contribution in [1.29, 1.82) is 0 Å². The van der Waals surface area contributed by atoms with Crippen molar-refractivity contribution in [3.05, 3.63) is 42.5 Å². The van der Waals surface area contributed by atoms with Gasteiger partial charge >= 0.3 is 0 Å². The zero-order valence-electron chi connectivity index (χ0n) is 14.6. The predicted molar refractivity (Wildman–Crippen MR) is 96.5 cm³/mol. The van der Waals surface area contributed by atoms with Crippen LogP contribution < -0.4 is 9.64 Å². The molecule has 1 fully saturated rings. The zero-order valence-corrected chi connectivity index (χ0v) is 14.6. The lowest BCUT2D eigenvalue weighted by Crippen LogP contribution is -3.17. The van der Waals surface area contributed by atoms with E-state index < -0.39 is 0 Å². The Morgan fingerprint density at radius 2 is 1.88 bits per heavy atom. The average molecular weight is 327 g/mol. The molecule has 4 heteroatoms. The van der Waals surface area contributed by atoms with Crippen molar-refractivity contribution in [2.45, 2.75) is 26.3 Å². The number of carbonyl (C=O) groups excluding carboxylic acids is 1. The maximum Gasteiger partial charge on any atom is 0.260 e. The highest BCUT2D eigenvalue weighted by Crippen LogP contribution is 2.20. The van der Waals surface area contributed by atoms with Crippen molar-refractivity contribution < 1.29 is 14.4 Å². The molecule has 3 rings (SSSR count). The summed E-state index contributed by atoms with van der Waals surface area (Å²) in [5.74, 6) is 0.845. The summed E-state index contributed by atoms with van der Waals surface area (Å²) in [7, 11) is 0. The van der Waals surface area contributed by atoms with E-state index in [2.05, 4.69) is 26.0 Å². The van der Waals surface area contributed by atoms with E-state index in [4.69, 9.17) is 4.74 Å². The highest BCUT2D eigenvalue weighted by atomic mass is 16.5. The number of ether oxygens (including phenoxy) is 1. The Hall–Kier alpha value is -2.07. The number of nitrogens with zero attached hydrogens (tertiary/aromatic N) is 1. The summed E-state index contributed by atoms with van der Waals surface area (Å²) in [6.07, 6.45) is 1.19. The van der Waals surface area contributed by atoms with Gasteiger partial charge in [0.05, 0.1) is 32.2 Å².